The summed E-state index contributed by atoms with van der Waals surface area (Å²) in [6.07, 6.45) is -4.82. The molecule has 0 fully saturated rings. The Hall–Kier alpha value is -2.24. The Morgan fingerprint density at radius 3 is 2.45 bits per heavy atom. The monoisotopic (exact) mass is 284 g/mol. The summed E-state index contributed by atoms with van der Waals surface area (Å²) < 4.78 is 48.1. The maximum absolute atomic E-state index is 12.8. The molecule has 1 heterocycles. The van der Waals surface area contributed by atoms with Crippen molar-refractivity contribution in [1.82, 2.24) is 0 Å². The van der Waals surface area contributed by atoms with Gasteiger partial charge < -0.3 is 9.15 Å². The number of ether oxygens (including phenoxy) is 1. The second-order valence-electron chi connectivity index (χ2n) is 4.16. The summed E-state index contributed by atoms with van der Waals surface area (Å²) in [4.78, 5) is 11.4. The summed E-state index contributed by atoms with van der Waals surface area (Å²) in [6, 6.07) is 9.76. The molecule has 6 heteroatoms. The molecular formula is C14H11F3O3. The Morgan fingerprint density at radius 2 is 1.85 bits per heavy atom. The van der Waals surface area contributed by atoms with Gasteiger partial charge in [0, 0.05) is 6.07 Å². The van der Waals surface area contributed by atoms with Crippen molar-refractivity contribution in [1.29, 1.82) is 0 Å². The Morgan fingerprint density at radius 1 is 1.20 bits per heavy atom. The molecule has 0 bridgehead atoms. The van der Waals surface area contributed by atoms with Gasteiger partial charge in [-0.05, 0) is 12.5 Å². The van der Waals surface area contributed by atoms with Crippen LogP contribution in [0.15, 0.2) is 45.6 Å². The zero-order valence-electron chi connectivity index (χ0n) is 10.5. The van der Waals surface area contributed by atoms with E-state index in [2.05, 4.69) is 4.42 Å². The largest absolute Gasteiger partial charge is 0.488 e. The van der Waals surface area contributed by atoms with E-state index < -0.39 is 23.1 Å². The molecule has 106 valence electrons. The van der Waals surface area contributed by atoms with Crippen molar-refractivity contribution in [3.63, 3.8) is 0 Å². The van der Waals surface area contributed by atoms with Crippen LogP contribution in [0.3, 0.4) is 0 Å². The predicted molar refractivity (Wildman–Crippen MR) is 65.5 cm³/mol. The molecule has 20 heavy (non-hydrogen) atoms. The highest BCUT2D eigenvalue weighted by atomic mass is 19.4. The van der Waals surface area contributed by atoms with E-state index in [9.17, 15) is 18.0 Å². The lowest BCUT2D eigenvalue weighted by molar-refractivity contribution is -0.141. The van der Waals surface area contributed by atoms with Crippen LogP contribution in [0.25, 0.3) is 0 Å². The number of rotatable bonds is 3. The first-order valence-corrected chi connectivity index (χ1v) is 5.76. The number of hydrogen-bond donors (Lipinski definition) is 0. The van der Waals surface area contributed by atoms with Crippen molar-refractivity contribution in [2.75, 3.05) is 0 Å². The lowest BCUT2D eigenvalue weighted by Crippen LogP contribution is -2.20. The van der Waals surface area contributed by atoms with Crippen LogP contribution >= 0.6 is 0 Å². The van der Waals surface area contributed by atoms with Crippen LogP contribution in [0.4, 0.5) is 13.2 Å². The van der Waals surface area contributed by atoms with Gasteiger partial charge in [-0.2, -0.15) is 13.2 Å². The topological polar surface area (TPSA) is 39.4 Å². The van der Waals surface area contributed by atoms with Gasteiger partial charge in [-0.15, -0.1) is 0 Å². The summed E-state index contributed by atoms with van der Waals surface area (Å²) in [5, 5.41) is 0. The van der Waals surface area contributed by atoms with Crippen LogP contribution in [0.1, 0.15) is 16.9 Å². The molecule has 0 N–H and O–H groups in total. The quantitative estimate of drug-likeness (QED) is 0.865. The molecule has 0 atom stereocenters. The minimum Gasteiger partial charge on any atom is -0.488 e. The molecule has 0 aliphatic carbocycles. The molecule has 2 rings (SSSR count). The van der Waals surface area contributed by atoms with E-state index in [0.29, 0.717) is 5.56 Å². The average Bonchev–Trinajstić information content (AvgIpc) is 2.35. The molecule has 0 aliphatic rings. The van der Waals surface area contributed by atoms with Crippen LogP contribution in [0.5, 0.6) is 5.75 Å². The highest BCUT2D eigenvalue weighted by molar-refractivity contribution is 5.34. The van der Waals surface area contributed by atoms with Crippen molar-refractivity contribution in [3.05, 3.63) is 63.7 Å². The molecule has 0 saturated carbocycles. The fourth-order valence-electron chi connectivity index (χ4n) is 1.69. The molecule has 3 nitrogen and oxygen atoms in total. The minimum absolute atomic E-state index is 0.0612. The third kappa shape index (κ3) is 3.20. The molecule has 2 aromatic rings. The standard InChI is InChI=1S/C14H11F3O3/c1-9-7-11(12(13(18)20-9)14(15,16)17)19-8-10-5-3-2-4-6-10/h2-7H,8H2,1H3. The van der Waals surface area contributed by atoms with Crippen LogP contribution in [0.2, 0.25) is 0 Å². The van der Waals surface area contributed by atoms with E-state index in [1.165, 1.54) is 6.92 Å². The number of hydrogen-bond acceptors (Lipinski definition) is 3. The number of aryl methyl sites for hydroxylation is 1. The smallest absolute Gasteiger partial charge is 0.427 e. The SMILES string of the molecule is Cc1cc(OCc2ccccc2)c(C(F)(F)F)c(=O)o1. The summed E-state index contributed by atoms with van der Waals surface area (Å²) in [5.41, 5.74) is -2.16. The van der Waals surface area contributed by atoms with Gasteiger partial charge in [-0.25, -0.2) is 4.79 Å². The van der Waals surface area contributed by atoms with E-state index in [1.807, 2.05) is 0 Å². The van der Waals surface area contributed by atoms with Gasteiger partial charge in [0.25, 0.3) is 0 Å². The number of halogens is 3. The summed E-state index contributed by atoms with van der Waals surface area (Å²) in [6.45, 7) is 1.32. The maximum atomic E-state index is 12.8. The van der Waals surface area contributed by atoms with E-state index in [1.54, 1.807) is 30.3 Å². The minimum atomic E-state index is -4.82. The van der Waals surface area contributed by atoms with Crippen molar-refractivity contribution in [2.24, 2.45) is 0 Å². The molecule has 0 aliphatic heterocycles. The molecule has 0 saturated heterocycles. The first kappa shape index (κ1) is 14.2. The Bertz CT molecular complexity index is 645. The van der Waals surface area contributed by atoms with Crippen molar-refractivity contribution in [2.45, 2.75) is 19.7 Å². The first-order valence-electron chi connectivity index (χ1n) is 5.76. The molecule has 1 aromatic heterocycles. The Kier molecular flexibility index (Phi) is 3.83. The van der Waals surface area contributed by atoms with Gasteiger partial charge in [0.15, 0.2) is 5.56 Å². The fourth-order valence-corrected chi connectivity index (χ4v) is 1.69. The van der Waals surface area contributed by atoms with Gasteiger partial charge >= 0.3 is 11.8 Å². The third-order valence-electron chi connectivity index (χ3n) is 2.56. The number of benzene rings is 1. The van der Waals surface area contributed by atoms with Crippen molar-refractivity contribution < 1.29 is 22.3 Å². The molecule has 1 aromatic carbocycles. The zero-order valence-corrected chi connectivity index (χ0v) is 10.5. The second-order valence-corrected chi connectivity index (χ2v) is 4.16. The van der Waals surface area contributed by atoms with E-state index >= 15 is 0 Å². The van der Waals surface area contributed by atoms with Gasteiger partial charge in [-0.3, -0.25) is 0 Å². The van der Waals surface area contributed by atoms with Crippen LogP contribution < -0.4 is 10.4 Å². The summed E-state index contributed by atoms with van der Waals surface area (Å²) in [7, 11) is 0. The molecule has 0 unspecified atom stereocenters. The molecule has 0 amide bonds. The molecular weight excluding hydrogens is 273 g/mol. The predicted octanol–water partition coefficient (Wildman–Crippen LogP) is 3.55. The van der Waals surface area contributed by atoms with Gasteiger partial charge in [0.05, 0.1) is 0 Å². The van der Waals surface area contributed by atoms with Crippen molar-refractivity contribution in [3.8, 4) is 5.75 Å². The second kappa shape index (κ2) is 5.40. The first-order chi connectivity index (χ1) is 9.38. The summed E-state index contributed by atoms with van der Waals surface area (Å²) >= 11 is 0. The maximum Gasteiger partial charge on any atom is 0.427 e. The number of alkyl halides is 3. The highest BCUT2D eigenvalue weighted by Gasteiger charge is 2.39. The van der Waals surface area contributed by atoms with Crippen molar-refractivity contribution >= 4 is 0 Å². The molecule has 0 spiro atoms. The average molecular weight is 284 g/mol. The Balaban J connectivity index is 2.34. The van der Waals surface area contributed by atoms with E-state index in [0.717, 1.165) is 6.07 Å². The van der Waals surface area contributed by atoms with E-state index in [-0.39, 0.29) is 12.4 Å². The highest BCUT2D eigenvalue weighted by Crippen LogP contribution is 2.34. The lowest BCUT2D eigenvalue weighted by atomic mass is 10.2. The third-order valence-corrected chi connectivity index (χ3v) is 2.56. The fraction of sp³-hybridized carbons (Fsp3) is 0.214. The molecule has 0 radical (unpaired) electrons. The van der Waals surface area contributed by atoms with E-state index in [4.69, 9.17) is 4.74 Å². The van der Waals surface area contributed by atoms with Gasteiger partial charge in [0.1, 0.15) is 18.1 Å². The lowest BCUT2D eigenvalue weighted by Gasteiger charge is -2.13. The summed E-state index contributed by atoms with van der Waals surface area (Å²) in [5.74, 6) is -0.457. The zero-order chi connectivity index (χ0) is 14.8. The van der Waals surface area contributed by atoms with Crippen LogP contribution in [0, 0.1) is 6.92 Å². The van der Waals surface area contributed by atoms with Gasteiger partial charge in [-0.1, -0.05) is 30.3 Å². The van der Waals surface area contributed by atoms with Crippen LogP contribution in [-0.4, -0.2) is 0 Å². The van der Waals surface area contributed by atoms with Crippen LogP contribution in [-0.2, 0) is 12.8 Å². The van der Waals surface area contributed by atoms with Gasteiger partial charge in [0.2, 0.25) is 0 Å². The Labute approximate surface area is 112 Å². The normalized spacial score (nSPS) is 11.4.